The lowest BCUT2D eigenvalue weighted by atomic mass is 9.96. The Bertz CT molecular complexity index is 568. The number of nitrogens with one attached hydrogen (secondary N) is 1. The summed E-state index contributed by atoms with van der Waals surface area (Å²) in [5.41, 5.74) is 3.31. The molecule has 24 heavy (non-hydrogen) atoms. The zero-order chi connectivity index (χ0) is 17.5. The number of ether oxygens (including phenoxy) is 1. The number of piperidine rings is 1. The van der Waals surface area contributed by atoms with E-state index >= 15 is 0 Å². The molecule has 1 aliphatic heterocycles. The fourth-order valence-electron chi connectivity index (χ4n) is 2.98. The third-order valence-electron chi connectivity index (χ3n) is 4.77. The lowest BCUT2D eigenvalue weighted by Crippen LogP contribution is -2.45. The first-order valence-corrected chi connectivity index (χ1v) is 8.56. The number of likely N-dealkylation sites (tertiary alicyclic amines) is 1. The van der Waals surface area contributed by atoms with E-state index in [9.17, 15) is 9.59 Å². The molecule has 1 saturated heterocycles. The minimum Gasteiger partial charge on any atom is -0.483 e. The van der Waals surface area contributed by atoms with Gasteiger partial charge in [0.25, 0.3) is 5.91 Å². The molecule has 132 valence electrons. The lowest BCUT2D eigenvalue weighted by Gasteiger charge is -2.31. The highest BCUT2D eigenvalue weighted by Gasteiger charge is 2.27. The van der Waals surface area contributed by atoms with Crippen molar-refractivity contribution in [1.82, 2.24) is 10.3 Å². The molecule has 0 saturated carbocycles. The minimum absolute atomic E-state index is 0.0290. The Morgan fingerprint density at radius 3 is 2.62 bits per heavy atom. The Hall–Kier alpha value is -2.08. The summed E-state index contributed by atoms with van der Waals surface area (Å²) in [6, 6.07) is 7.86. The predicted molar refractivity (Wildman–Crippen MR) is 92.3 cm³/mol. The molecule has 0 aromatic heterocycles. The van der Waals surface area contributed by atoms with Crippen molar-refractivity contribution in [2.24, 2.45) is 11.8 Å². The largest absolute Gasteiger partial charge is 0.483 e. The number of carbonyl (C=O) groups excluding carboxylic acids is 2. The van der Waals surface area contributed by atoms with Gasteiger partial charge in [0.15, 0.2) is 6.61 Å². The SMILES string of the molecule is CCC(C)c1ccccc1OCC(=O)N1CCC(C(=O)NN)CC1. The second-order valence-corrected chi connectivity index (χ2v) is 6.30. The van der Waals surface area contributed by atoms with Gasteiger partial charge in [-0.2, -0.15) is 0 Å². The van der Waals surface area contributed by atoms with Crippen molar-refractivity contribution in [2.75, 3.05) is 19.7 Å². The summed E-state index contributed by atoms with van der Waals surface area (Å²) in [4.78, 5) is 25.6. The van der Waals surface area contributed by atoms with Crippen molar-refractivity contribution in [1.29, 1.82) is 0 Å². The number of hydrazine groups is 1. The van der Waals surface area contributed by atoms with Gasteiger partial charge in [-0.05, 0) is 36.8 Å². The number of benzene rings is 1. The first kappa shape index (κ1) is 18.3. The van der Waals surface area contributed by atoms with Crippen molar-refractivity contribution >= 4 is 11.8 Å². The highest BCUT2D eigenvalue weighted by atomic mass is 16.5. The van der Waals surface area contributed by atoms with E-state index in [2.05, 4.69) is 19.3 Å². The molecule has 0 radical (unpaired) electrons. The van der Waals surface area contributed by atoms with E-state index < -0.39 is 0 Å². The van der Waals surface area contributed by atoms with Crippen LogP contribution in [0.5, 0.6) is 5.75 Å². The molecular formula is C18H27N3O3. The standard InChI is InChI=1S/C18H27N3O3/c1-3-13(2)15-6-4-5-7-16(15)24-12-17(22)21-10-8-14(9-11-21)18(23)20-19/h4-7,13-14H,3,8-12,19H2,1-2H3,(H,20,23). The van der Waals surface area contributed by atoms with Gasteiger partial charge in [0, 0.05) is 19.0 Å². The summed E-state index contributed by atoms with van der Waals surface area (Å²) in [5, 5.41) is 0. The Kier molecular flexibility index (Phi) is 6.61. The average Bonchev–Trinajstić information content (AvgIpc) is 2.65. The normalized spacial score (nSPS) is 16.5. The van der Waals surface area contributed by atoms with Gasteiger partial charge in [-0.15, -0.1) is 0 Å². The van der Waals surface area contributed by atoms with Gasteiger partial charge in [-0.3, -0.25) is 15.0 Å². The third-order valence-corrected chi connectivity index (χ3v) is 4.77. The van der Waals surface area contributed by atoms with Crippen molar-refractivity contribution in [3.63, 3.8) is 0 Å². The molecule has 6 nitrogen and oxygen atoms in total. The molecule has 1 unspecified atom stereocenters. The molecule has 0 aliphatic carbocycles. The average molecular weight is 333 g/mol. The van der Waals surface area contributed by atoms with E-state index in [0.717, 1.165) is 17.7 Å². The van der Waals surface area contributed by atoms with E-state index in [-0.39, 0.29) is 24.3 Å². The highest BCUT2D eigenvalue weighted by molar-refractivity contribution is 5.80. The maximum Gasteiger partial charge on any atom is 0.260 e. The fraction of sp³-hybridized carbons (Fsp3) is 0.556. The van der Waals surface area contributed by atoms with Crippen molar-refractivity contribution in [3.8, 4) is 5.75 Å². The molecule has 6 heteroatoms. The van der Waals surface area contributed by atoms with Crippen LogP contribution < -0.4 is 16.0 Å². The Morgan fingerprint density at radius 1 is 1.33 bits per heavy atom. The van der Waals surface area contributed by atoms with Crippen molar-refractivity contribution < 1.29 is 14.3 Å². The van der Waals surface area contributed by atoms with Crippen molar-refractivity contribution in [3.05, 3.63) is 29.8 Å². The molecule has 2 rings (SSSR count). The number of hydrogen-bond donors (Lipinski definition) is 2. The molecule has 1 aromatic carbocycles. The van der Waals surface area contributed by atoms with E-state index in [4.69, 9.17) is 10.6 Å². The number of rotatable bonds is 6. The van der Waals surface area contributed by atoms with Crippen LogP contribution in [0.25, 0.3) is 0 Å². The molecule has 1 aromatic rings. The highest BCUT2D eigenvalue weighted by Crippen LogP contribution is 2.28. The van der Waals surface area contributed by atoms with Gasteiger partial charge in [0.05, 0.1) is 0 Å². The number of nitrogens with zero attached hydrogens (tertiary/aromatic N) is 1. The number of para-hydroxylation sites is 1. The summed E-state index contributed by atoms with van der Waals surface area (Å²) < 4.78 is 5.78. The summed E-state index contributed by atoms with van der Waals surface area (Å²) in [6.45, 7) is 5.44. The van der Waals surface area contributed by atoms with Crippen LogP contribution in [-0.2, 0) is 9.59 Å². The summed E-state index contributed by atoms with van der Waals surface area (Å²) >= 11 is 0. The molecule has 2 amide bonds. The van der Waals surface area contributed by atoms with E-state index in [1.165, 1.54) is 0 Å². The molecule has 1 heterocycles. The number of hydrogen-bond acceptors (Lipinski definition) is 4. The molecule has 1 atom stereocenters. The van der Waals surface area contributed by atoms with Gasteiger partial charge in [0.2, 0.25) is 5.91 Å². The molecule has 0 spiro atoms. The van der Waals surface area contributed by atoms with Gasteiger partial charge >= 0.3 is 0 Å². The van der Waals surface area contributed by atoms with Gasteiger partial charge in [0.1, 0.15) is 5.75 Å². The van der Waals surface area contributed by atoms with Crippen molar-refractivity contribution in [2.45, 2.75) is 39.0 Å². The smallest absolute Gasteiger partial charge is 0.260 e. The predicted octanol–water partition coefficient (Wildman–Crippen LogP) is 1.81. The van der Waals surface area contributed by atoms with Crippen LogP contribution in [0.4, 0.5) is 0 Å². The monoisotopic (exact) mass is 333 g/mol. The van der Waals surface area contributed by atoms with Crippen LogP contribution in [0.15, 0.2) is 24.3 Å². The van der Waals surface area contributed by atoms with Gasteiger partial charge in [-0.25, -0.2) is 5.84 Å². The summed E-state index contributed by atoms with van der Waals surface area (Å²) in [6.07, 6.45) is 2.29. The zero-order valence-corrected chi connectivity index (χ0v) is 14.5. The van der Waals surface area contributed by atoms with Crippen LogP contribution in [-0.4, -0.2) is 36.4 Å². The molecular weight excluding hydrogens is 306 g/mol. The maximum absolute atomic E-state index is 12.3. The van der Waals surface area contributed by atoms with Crippen LogP contribution >= 0.6 is 0 Å². The molecule has 0 bridgehead atoms. The van der Waals surface area contributed by atoms with Crippen LogP contribution in [0.2, 0.25) is 0 Å². The van der Waals surface area contributed by atoms with E-state index in [0.29, 0.717) is 31.8 Å². The fourth-order valence-corrected chi connectivity index (χ4v) is 2.98. The Morgan fingerprint density at radius 2 is 2.00 bits per heavy atom. The lowest BCUT2D eigenvalue weighted by molar-refractivity contribution is -0.137. The molecule has 3 N–H and O–H groups in total. The minimum atomic E-state index is -0.152. The number of carbonyl (C=O) groups is 2. The quantitative estimate of drug-likeness (QED) is 0.472. The number of amides is 2. The summed E-state index contributed by atoms with van der Waals surface area (Å²) in [5.74, 6) is 6.03. The van der Waals surface area contributed by atoms with Gasteiger partial charge < -0.3 is 9.64 Å². The van der Waals surface area contributed by atoms with Crippen LogP contribution in [0.3, 0.4) is 0 Å². The third kappa shape index (κ3) is 4.47. The second-order valence-electron chi connectivity index (χ2n) is 6.30. The second kappa shape index (κ2) is 8.68. The first-order valence-electron chi connectivity index (χ1n) is 8.56. The van der Waals surface area contributed by atoms with Crippen LogP contribution in [0.1, 0.15) is 44.6 Å². The van der Waals surface area contributed by atoms with E-state index in [1.54, 1.807) is 4.90 Å². The van der Waals surface area contributed by atoms with E-state index in [1.807, 2.05) is 24.3 Å². The van der Waals surface area contributed by atoms with Gasteiger partial charge in [-0.1, -0.05) is 32.0 Å². The Labute approximate surface area is 143 Å². The molecule has 1 fully saturated rings. The summed E-state index contributed by atoms with van der Waals surface area (Å²) in [7, 11) is 0. The first-order chi connectivity index (χ1) is 11.6. The Balaban J connectivity index is 1.87. The molecule has 1 aliphatic rings. The zero-order valence-electron chi connectivity index (χ0n) is 14.5. The van der Waals surface area contributed by atoms with Crippen LogP contribution in [0, 0.1) is 5.92 Å². The topological polar surface area (TPSA) is 84.7 Å². The number of nitrogens with two attached hydrogens (primary N) is 1. The maximum atomic E-state index is 12.3.